The molecule has 0 amide bonds. The molecule has 1 heterocycles. The molecule has 1 N–H and O–H groups in total. The Bertz CT molecular complexity index is 392. The van der Waals surface area contributed by atoms with Gasteiger partial charge in [-0.25, -0.2) is 0 Å². The minimum atomic E-state index is 0.685. The van der Waals surface area contributed by atoms with Crippen LogP contribution in [-0.4, -0.2) is 22.9 Å². The van der Waals surface area contributed by atoms with E-state index in [0.29, 0.717) is 6.04 Å². The van der Waals surface area contributed by atoms with Gasteiger partial charge in [0.15, 0.2) is 0 Å². The van der Waals surface area contributed by atoms with Crippen molar-refractivity contribution in [3.8, 4) is 0 Å². The Morgan fingerprint density at radius 3 is 2.84 bits per heavy atom. The zero-order valence-corrected chi connectivity index (χ0v) is 12.1. The summed E-state index contributed by atoms with van der Waals surface area (Å²) in [5, 5.41) is 8.28. The SMILES string of the molecule is CNC1CCCC(Cc2ccn(C3CCCC3)n2)C1. The van der Waals surface area contributed by atoms with Gasteiger partial charge in [-0.3, -0.25) is 4.68 Å². The van der Waals surface area contributed by atoms with E-state index in [-0.39, 0.29) is 0 Å². The van der Waals surface area contributed by atoms with E-state index < -0.39 is 0 Å². The topological polar surface area (TPSA) is 29.9 Å². The van der Waals surface area contributed by atoms with Crippen LogP contribution < -0.4 is 5.32 Å². The Morgan fingerprint density at radius 1 is 1.21 bits per heavy atom. The molecule has 2 atom stereocenters. The molecule has 19 heavy (non-hydrogen) atoms. The minimum Gasteiger partial charge on any atom is -0.317 e. The molecule has 3 heteroatoms. The maximum atomic E-state index is 4.83. The van der Waals surface area contributed by atoms with E-state index in [4.69, 9.17) is 5.10 Å². The zero-order valence-electron chi connectivity index (χ0n) is 12.1. The summed E-state index contributed by atoms with van der Waals surface area (Å²) in [7, 11) is 2.10. The van der Waals surface area contributed by atoms with Gasteiger partial charge in [0, 0.05) is 12.2 Å². The Balaban J connectivity index is 1.57. The lowest BCUT2D eigenvalue weighted by Crippen LogP contribution is -2.32. The number of nitrogens with zero attached hydrogens (tertiary/aromatic N) is 2. The normalized spacial score (nSPS) is 28.9. The van der Waals surface area contributed by atoms with Crippen LogP contribution in [0, 0.1) is 5.92 Å². The lowest BCUT2D eigenvalue weighted by atomic mass is 9.83. The van der Waals surface area contributed by atoms with Gasteiger partial charge in [-0.2, -0.15) is 5.10 Å². The van der Waals surface area contributed by atoms with E-state index in [0.717, 1.165) is 12.0 Å². The third-order valence-electron chi connectivity index (χ3n) is 5.05. The average Bonchev–Trinajstić information content (AvgIpc) is 3.09. The Morgan fingerprint density at radius 2 is 2.05 bits per heavy atom. The van der Waals surface area contributed by atoms with Crippen molar-refractivity contribution in [3.05, 3.63) is 18.0 Å². The maximum Gasteiger partial charge on any atom is 0.0627 e. The van der Waals surface area contributed by atoms with E-state index in [1.807, 2.05) is 0 Å². The van der Waals surface area contributed by atoms with Gasteiger partial charge < -0.3 is 5.32 Å². The lowest BCUT2D eigenvalue weighted by molar-refractivity contribution is 0.292. The van der Waals surface area contributed by atoms with E-state index in [9.17, 15) is 0 Å². The van der Waals surface area contributed by atoms with Crippen LogP contribution in [0.3, 0.4) is 0 Å². The molecule has 2 aliphatic carbocycles. The highest BCUT2D eigenvalue weighted by molar-refractivity contribution is 5.02. The molecule has 2 aliphatic rings. The fraction of sp³-hybridized carbons (Fsp3) is 0.812. The molecule has 3 rings (SSSR count). The van der Waals surface area contributed by atoms with Crippen LogP contribution in [0.15, 0.2) is 12.3 Å². The van der Waals surface area contributed by atoms with Gasteiger partial charge in [0.05, 0.1) is 11.7 Å². The molecule has 3 nitrogen and oxygen atoms in total. The summed E-state index contributed by atoms with van der Waals surface area (Å²) >= 11 is 0. The van der Waals surface area contributed by atoms with E-state index in [2.05, 4.69) is 29.3 Å². The van der Waals surface area contributed by atoms with E-state index >= 15 is 0 Å². The number of rotatable bonds is 4. The number of aromatic nitrogens is 2. The van der Waals surface area contributed by atoms with Crippen LogP contribution in [-0.2, 0) is 6.42 Å². The van der Waals surface area contributed by atoms with Crippen LogP contribution >= 0.6 is 0 Å². The summed E-state index contributed by atoms with van der Waals surface area (Å²) in [5.41, 5.74) is 1.31. The summed E-state index contributed by atoms with van der Waals surface area (Å²) < 4.78 is 2.24. The minimum absolute atomic E-state index is 0.685. The summed E-state index contributed by atoms with van der Waals surface area (Å²) in [5.74, 6) is 0.832. The van der Waals surface area contributed by atoms with Crippen molar-refractivity contribution in [2.24, 2.45) is 5.92 Å². The largest absolute Gasteiger partial charge is 0.317 e. The van der Waals surface area contributed by atoms with Crippen molar-refractivity contribution < 1.29 is 0 Å². The van der Waals surface area contributed by atoms with Crippen molar-refractivity contribution in [1.29, 1.82) is 0 Å². The van der Waals surface area contributed by atoms with E-state index in [1.54, 1.807) is 0 Å². The first kappa shape index (κ1) is 13.2. The smallest absolute Gasteiger partial charge is 0.0627 e. The first-order valence-corrected chi connectivity index (χ1v) is 8.06. The monoisotopic (exact) mass is 261 g/mol. The van der Waals surface area contributed by atoms with Gasteiger partial charge in [-0.05, 0) is 57.6 Å². The van der Waals surface area contributed by atoms with Crippen molar-refractivity contribution in [2.45, 2.75) is 69.9 Å². The Labute approximate surface area is 116 Å². The van der Waals surface area contributed by atoms with Crippen molar-refractivity contribution in [1.82, 2.24) is 15.1 Å². The predicted octanol–water partition coefficient (Wildman–Crippen LogP) is 3.32. The molecule has 2 unspecified atom stereocenters. The fourth-order valence-electron chi connectivity index (χ4n) is 3.89. The lowest BCUT2D eigenvalue weighted by Gasteiger charge is -2.28. The molecular weight excluding hydrogens is 234 g/mol. The van der Waals surface area contributed by atoms with Gasteiger partial charge >= 0.3 is 0 Å². The molecule has 0 bridgehead atoms. The fourth-order valence-corrected chi connectivity index (χ4v) is 3.89. The molecule has 0 radical (unpaired) electrons. The highest BCUT2D eigenvalue weighted by atomic mass is 15.3. The zero-order chi connectivity index (χ0) is 13.1. The van der Waals surface area contributed by atoms with Gasteiger partial charge in [0.2, 0.25) is 0 Å². The van der Waals surface area contributed by atoms with Gasteiger partial charge in [-0.1, -0.05) is 19.3 Å². The Kier molecular flexibility index (Phi) is 4.21. The quantitative estimate of drug-likeness (QED) is 0.901. The second-order valence-corrected chi connectivity index (χ2v) is 6.45. The molecule has 0 spiro atoms. The summed E-state index contributed by atoms with van der Waals surface area (Å²) in [6.07, 6.45) is 14.2. The molecule has 2 fully saturated rings. The predicted molar refractivity (Wildman–Crippen MR) is 78.2 cm³/mol. The van der Waals surface area contributed by atoms with Gasteiger partial charge in [-0.15, -0.1) is 0 Å². The second-order valence-electron chi connectivity index (χ2n) is 6.45. The summed E-state index contributed by atoms with van der Waals surface area (Å²) in [6.45, 7) is 0. The highest BCUT2D eigenvalue weighted by Gasteiger charge is 2.22. The molecule has 106 valence electrons. The highest BCUT2D eigenvalue weighted by Crippen LogP contribution is 2.30. The summed E-state index contributed by atoms with van der Waals surface area (Å²) in [4.78, 5) is 0. The molecule has 0 saturated heterocycles. The van der Waals surface area contributed by atoms with Gasteiger partial charge in [0.1, 0.15) is 0 Å². The third kappa shape index (κ3) is 3.19. The number of hydrogen-bond donors (Lipinski definition) is 1. The molecule has 0 aliphatic heterocycles. The van der Waals surface area contributed by atoms with Crippen LogP contribution in [0.25, 0.3) is 0 Å². The van der Waals surface area contributed by atoms with Crippen molar-refractivity contribution in [3.63, 3.8) is 0 Å². The molecular formula is C16H27N3. The standard InChI is InChI=1S/C16H27N3/c1-17-14-6-4-5-13(11-14)12-15-9-10-19(18-15)16-7-2-3-8-16/h9-10,13-14,16-17H,2-8,11-12H2,1H3. The average molecular weight is 261 g/mol. The molecule has 1 aromatic heterocycles. The second kappa shape index (κ2) is 6.08. The van der Waals surface area contributed by atoms with Gasteiger partial charge in [0.25, 0.3) is 0 Å². The number of hydrogen-bond acceptors (Lipinski definition) is 2. The summed E-state index contributed by atoms with van der Waals surface area (Å²) in [6, 6.07) is 3.67. The third-order valence-corrected chi connectivity index (χ3v) is 5.05. The maximum absolute atomic E-state index is 4.83. The number of nitrogens with one attached hydrogen (secondary N) is 1. The van der Waals surface area contributed by atoms with Crippen LogP contribution in [0.5, 0.6) is 0 Å². The molecule has 1 aromatic rings. The molecule has 2 saturated carbocycles. The Hall–Kier alpha value is -0.830. The van der Waals surface area contributed by atoms with Crippen LogP contribution in [0.1, 0.15) is 63.1 Å². The molecule has 0 aromatic carbocycles. The first-order valence-electron chi connectivity index (χ1n) is 8.06. The van der Waals surface area contributed by atoms with Crippen molar-refractivity contribution in [2.75, 3.05) is 7.05 Å². The van der Waals surface area contributed by atoms with E-state index in [1.165, 1.54) is 63.5 Å². The van der Waals surface area contributed by atoms with Crippen LogP contribution in [0.4, 0.5) is 0 Å². The van der Waals surface area contributed by atoms with Crippen molar-refractivity contribution >= 4 is 0 Å². The van der Waals surface area contributed by atoms with Crippen LogP contribution in [0.2, 0.25) is 0 Å². The first-order chi connectivity index (χ1) is 9.35.